The lowest BCUT2D eigenvalue weighted by atomic mass is 10.0. The van der Waals surface area contributed by atoms with Gasteiger partial charge in [0, 0.05) is 6.54 Å². The van der Waals surface area contributed by atoms with E-state index >= 15 is 0 Å². The van der Waals surface area contributed by atoms with Gasteiger partial charge in [0.25, 0.3) is 0 Å². The van der Waals surface area contributed by atoms with Crippen LogP contribution in [0.1, 0.15) is 24.5 Å². The molecular weight excluding hydrogens is 247 g/mol. The molecule has 0 radical (unpaired) electrons. The normalized spacial score (nSPS) is 19.5. The zero-order valence-corrected chi connectivity index (χ0v) is 11.1. The summed E-state index contributed by atoms with van der Waals surface area (Å²) < 4.78 is 13.3. The van der Waals surface area contributed by atoms with Crippen molar-refractivity contribution >= 4 is 11.8 Å². The Morgan fingerprint density at radius 3 is 2.84 bits per heavy atom. The maximum Gasteiger partial charge on any atom is 0.243 e. The molecule has 0 bridgehead atoms. The summed E-state index contributed by atoms with van der Waals surface area (Å²) in [4.78, 5) is 25.2. The van der Waals surface area contributed by atoms with E-state index in [1.165, 1.54) is 17.0 Å². The summed E-state index contributed by atoms with van der Waals surface area (Å²) in [7, 11) is 0. The molecule has 2 rings (SSSR count). The number of hydrogen-bond acceptors (Lipinski definition) is 2. The maximum atomic E-state index is 13.3. The van der Waals surface area contributed by atoms with Gasteiger partial charge in [-0.05, 0) is 36.6 Å². The van der Waals surface area contributed by atoms with E-state index in [4.69, 9.17) is 0 Å². The van der Waals surface area contributed by atoms with Crippen LogP contribution in [0.5, 0.6) is 0 Å². The molecule has 1 aromatic rings. The van der Waals surface area contributed by atoms with Crippen LogP contribution in [0.3, 0.4) is 0 Å². The van der Waals surface area contributed by atoms with Gasteiger partial charge in [0.05, 0.1) is 6.54 Å². The van der Waals surface area contributed by atoms with Crippen LogP contribution in [0, 0.1) is 12.7 Å². The maximum absolute atomic E-state index is 13.3. The SMILES string of the molecule is CCC1C(=O)NCC(=O)N1Cc1cc(F)ccc1C. The van der Waals surface area contributed by atoms with E-state index in [0.29, 0.717) is 6.42 Å². The van der Waals surface area contributed by atoms with Gasteiger partial charge in [-0.2, -0.15) is 0 Å². The molecule has 0 spiro atoms. The Hall–Kier alpha value is -1.91. The Balaban J connectivity index is 2.26. The molecule has 1 aliphatic rings. The van der Waals surface area contributed by atoms with Crippen molar-refractivity contribution < 1.29 is 14.0 Å². The number of carbonyl (C=O) groups excluding carboxylic acids is 2. The van der Waals surface area contributed by atoms with Crippen LogP contribution in [0.25, 0.3) is 0 Å². The zero-order valence-electron chi connectivity index (χ0n) is 11.1. The standard InChI is InChI=1S/C14H17FN2O2/c1-3-12-14(19)16-7-13(18)17(12)8-10-6-11(15)5-4-9(10)2/h4-6,12H,3,7-8H2,1-2H3,(H,16,19). The summed E-state index contributed by atoms with van der Waals surface area (Å²) in [6.07, 6.45) is 0.548. The fourth-order valence-electron chi connectivity index (χ4n) is 2.30. The second-order valence-electron chi connectivity index (χ2n) is 4.73. The summed E-state index contributed by atoms with van der Waals surface area (Å²) in [6.45, 7) is 4.01. The minimum atomic E-state index is -0.469. The van der Waals surface area contributed by atoms with Crippen LogP contribution >= 0.6 is 0 Å². The molecule has 5 heteroatoms. The molecule has 1 fully saturated rings. The lowest BCUT2D eigenvalue weighted by molar-refractivity contribution is -0.146. The van der Waals surface area contributed by atoms with E-state index in [2.05, 4.69) is 5.32 Å². The lowest BCUT2D eigenvalue weighted by Gasteiger charge is -2.34. The summed E-state index contributed by atoms with van der Waals surface area (Å²) in [6, 6.07) is 4.02. The second kappa shape index (κ2) is 5.38. The number of halogens is 1. The Morgan fingerprint density at radius 1 is 1.42 bits per heavy atom. The first-order chi connectivity index (χ1) is 9.02. The number of hydrogen-bond donors (Lipinski definition) is 1. The molecule has 1 aliphatic heterocycles. The number of amides is 2. The predicted molar refractivity (Wildman–Crippen MR) is 68.8 cm³/mol. The van der Waals surface area contributed by atoms with E-state index in [1.54, 1.807) is 6.07 Å². The minimum absolute atomic E-state index is 0.0176. The molecule has 4 nitrogen and oxygen atoms in total. The second-order valence-corrected chi connectivity index (χ2v) is 4.73. The van der Waals surface area contributed by atoms with E-state index in [1.807, 2.05) is 13.8 Å². The van der Waals surface area contributed by atoms with Crippen molar-refractivity contribution in [3.05, 3.63) is 35.1 Å². The summed E-state index contributed by atoms with van der Waals surface area (Å²) in [5, 5.41) is 2.57. The summed E-state index contributed by atoms with van der Waals surface area (Å²) in [5.74, 6) is -0.603. The number of nitrogens with one attached hydrogen (secondary N) is 1. The minimum Gasteiger partial charge on any atom is -0.345 e. The van der Waals surface area contributed by atoms with Gasteiger partial charge in [-0.1, -0.05) is 13.0 Å². The largest absolute Gasteiger partial charge is 0.345 e. The smallest absolute Gasteiger partial charge is 0.243 e. The quantitative estimate of drug-likeness (QED) is 0.896. The molecule has 2 amide bonds. The van der Waals surface area contributed by atoms with Crippen LogP contribution in [0.2, 0.25) is 0 Å². The van der Waals surface area contributed by atoms with Crippen molar-refractivity contribution in [1.82, 2.24) is 10.2 Å². The predicted octanol–water partition coefficient (Wildman–Crippen LogP) is 1.37. The third-order valence-electron chi connectivity index (χ3n) is 3.45. The Morgan fingerprint density at radius 2 is 2.16 bits per heavy atom. The van der Waals surface area contributed by atoms with Crippen molar-refractivity contribution in [2.75, 3.05) is 6.54 Å². The molecule has 0 aromatic heterocycles. The number of aryl methyl sites for hydroxylation is 1. The highest BCUT2D eigenvalue weighted by Gasteiger charge is 2.33. The van der Waals surface area contributed by atoms with Crippen LogP contribution < -0.4 is 5.32 Å². The number of benzene rings is 1. The number of nitrogens with zero attached hydrogens (tertiary/aromatic N) is 1. The van der Waals surface area contributed by atoms with Crippen molar-refractivity contribution in [3.63, 3.8) is 0 Å². The fourth-order valence-corrected chi connectivity index (χ4v) is 2.30. The third-order valence-corrected chi connectivity index (χ3v) is 3.45. The van der Waals surface area contributed by atoms with Crippen LogP contribution in [-0.4, -0.2) is 29.3 Å². The Bertz CT molecular complexity index is 516. The van der Waals surface area contributed by atoms with Crippen LogP contribution in [0.4, 0.5) is 4.39 Å². The molecule has 0 saturated carbocycles. The molecule has 102 valence electrons. The highest BCUT2D eigenvalue weighted by Crippen LogP contribution is 2.18. The molecule has 1 atom stereocenters. The van der Waals surface area contributed by atoms with Crippen molar-refractivity contribution in [1.29, 1.82) is 0 Å². The Kier molecular flexibility index (Phi) is 3.83. The van der Waals surface area contributed by atoms with Gasteiger partial charge in [0.15, 0.2) is 0 Å². The molecular formula is C14H17FN2O2. The molecule has 19 heavy (non-hydrogen) atoms. The van der Waals surface area contributed by atoms with Crippen molar-refractivity contribution in [2.24, 2.45) is 0 Å². The van der Waals surface area contributed by atoms with E-state index in [-0.39, 0.29) is 30.7 Å². The fraction of sp³-hybridized carbons (Fsp3) is 0.429. The van der Waals surface area contributed by atoms with E-state index in [9.17, 15) is 14.0 Å². The molecule has 0 aliphatic carbocycles. The van der Waals surface area contributed by atoms with Gasteiger partial charge in [-0.3, -0.25) is 9.59 Å². The average molecular weight is 264 g/mol. The molecule has 1 saturated heterocycles. The van der Waals surface area contributed by atoms with Crippen molar-refractivity contribution in [2.45, 2.75) is 32.9 Å². The van der Waals surface area contributed by atoms with Gasteiger partial charge in [-0.25, -0.2) is 4.39 Å². The number of piperazine rings is 1. The van der Waals surface area contributed by atoms with Gasteiger partial charge >= 0.3 is 0 Å². The summed E-state index contributed by atoms with van der Waals surface area (Å²) >= 11 is 0. The highest BCUT2D eigenvalue weighted by atomic mass is 19.1. The Labute approximate surface area is 111 Å². The molecule has 1 heterocycles. The van der Waals surface area contributed by atoms with E-state index < -0.39 is 6.04 Å². The van der Waals surface area contributed by atoms with Crippen LogP contribution in [0.15, 0.2) is 18.2 Å². The molecule has 1 unspecified atom stereocenters. The average Bonchev–Trinajstić information content (AvgIpc) is 2.38. The van der Waals surface area contributed by atoms with Gasteiger partial charge < -0.3 is 10.2 Å². The first-order valence-corrected chi connectivity index (χ1v) is 6.35. The topological polar surface area (TPSA) is 49.4 Å². The monoisotopic (exact) mass is 264 g/mol. The molecule has 1 N–H and O–H groups in total. The zero-order chi connectivity index (χ0) is 14.0. The number of rotatable bonds is 3. The lowest BCUT2D eigenvalue weighted by Crippen LogP contribution is -2.57. The number of carbonyl (C=O) groups is 2. The van der Waals surface area contributed by atoms with Crippen LogP contribution in [-0.2, 0) is 16.1 Å². The van der Waals surface area contributed by atoms with Gasteiger partial charge in [0.2, 0.25) is 11.8 Å². The van der Waals surface area contributed by atoms with E-state index in [0.717, 1.165) is 11.1 Å². The summed E-state index contributed by atoms with van der Waals surface area (Å²) in [5.41, 5.74) is 1.65. The first kappa shape index (κ1) is 13.5. The van der Waals surface area contributed by atoms with Gasteiger partial charge in [0.1, 0.15) is 11.9 Å². The van der Waals surface area contributed by atoms with Crippen molar-refractivity contribution in [3.8, 4) is 0 Å². The molecule has 1 aromatic carbocycles. The highest BCUT2D eigenvalue weighted by molar-refractivity contribution is 5.94. The third kappa shape index (κ3) is 2.75. The van der Waals surface area contributed by atoms with Gasteiger partial charge in [-0.15, -0.1) is 0 Å². The first-order valence-electron chi connectivity index (χ1n) is 6.35.